The molecule has 0 bridgehead atoms. The monoisotopic (exact) mass is 375 g/mol. The van der Waals surface area contributed by atoms with Gasteiger partial charge in [0.05, 0.1) is 5.56 Å². The Labute approximate surface area is 145 Å². The smallest absolute Gasteiger partial charge is 0.335 e. The van der Waals surface area contributed by atoms with Gasteiger partial charge in [-0.25, -0.2) is 4.79 Å². The Balaban J connectivity index is 1.82. The molecule has 0 fully saturated rings. The summed E-state index contributed by atoms with van der Waals surface area (Å²) in [5.41, 5.74) is 2.78. The predicted octanol–water partition coefficient (Wildman–Crippen LogP) is 4.65. The molecule has 122 valence electrons. The molecule has 0 spiro atoms. The van der Waals surface area contributed by atoms with E-state index in [1.807, 2.05) is 12.1 Å². The first kappa shape index (κ1) is 17.7. The molecule has 0 heterocycles. The normalized spacial score (nSPS) is 12.1. The number of aromatic carboxylic acids is 1. The van der Waals surface area contributed by atoms with E-state index in [9.17, 15) is 4.79 Å². The standard InChI is InChI=1S/C19H22BrNO2/c1-2-18(12-7-14-5-10-17(20)11-6-14)21-13-15-3-8-16(9-4-15)19(22)23/h3-6,8-11,18,21H,2,7,12-13H2,1H3,(H,22,23). The van der Waals surface area contributed by atoms with Crippen molar-refractivity contribution in [2.24, 2.45) is 0 Å². The molecule has 0 aliphatic rings. The number of hydrogen-bond acceptors (Lipinski definition) is 2. The lowest BCUT2D eigenvalue weighted by Gasteiger charge is -2.17. The van der Waals surface area contributed by atoms with E-state index in [4.69, 9.17) is 5.11 Å². The van der Waals surface area contributed by atoms with Crippen LogP contribution in [0.4, 0.5) is 0 Å². The summed E-state index contributed by atoms with van der Waals surface area (Å²) in [6, 6.07) is 16.0. The van der Waals surface area contributed by atoms with Gasteiger partial charge in [0.25, 0.3) is 0 Å². The van der Waals surface area contributed by atoms with E-state index < -0.39 is 5.97 Å². The first-order valence-corrected chi connectivity index (χ1v) is 8.68. The number of carboxylic acid groups (broad SMARTS) is 1. The largest absolute Gasteiger partial charge is 0.478 e. The van der Waals surface area contributed by atoms with Crippen LogP contribution in [0.15, 0.2) is 53.0 Å². The molecular formula is C19H22BrNO2. The van der Waals surface area contributed by atoms with Crippen LogP contribution in [0, 0.1) is 0 Å². The maximum absolute atomic E-state index is 10.8. The van der Waals surface area contributed by atoms with Crippen LogP contribution in [0.5, 0.6) is 0 Å². The third kappa shape index (κ3) is 5.81. The molecule has 1 unspecified atom stereocenters. The van der Waals surface area contributed by atoms with Gasteiger partial charge in [0.2, 0.25) is 0 Å². The molecule has 23 heavy (non-hydrogen) atoms. The summed E-state index contributed by atoms with van der Waals surface area (Å²) in [6.07, 6.45) is 3.21. The van der Waals surface area contributed by atoms with Crippen molar-refractivity contribution in [3.05, 3.63) is 69.7 Å². The van der Waals surface area contributed by atoms with E-state index in [-0.39, 0.29) is 0 Å². The molecule has 0 aliphatic carbocycles. The molecule has 0 aliphatic heterocycles. The minimum absolute atomic E-state index is 0.330. The Morgan fingerprint density at radius 2 is 1.70 bits per heavy atom. The lowest BCUT2D eigenvalue weighted by Crippen LogP contribution is -2.28. The molecule has 0 amide bonds. The van der Waals surface area contributed by atoms with Gasteiger partial charge in [0.1, 0.15) is 0 Å². The summed E-state index contributed by atoms with van der Waals surface area (Å²) in [7, 11) is 0. The highest BCUT2D eigenvalue weighted by Gasteiger charge is 2.07. The molecule has 0 aromatic heterocycles. The highest BCUT2D eigenvalue weighted by molar-refractivity contribution is 9.10. The first-order chi connectivity index (χ1) is 11.1. The number of halogens is 1. The van der Waals surface area contributed by atoms with Crippen LogP contribution in [0.1, 0.15) is 41.3 Å². The topological polar surface area (TPSA) is 49.3 Å². The van der Waals surface area contributed by atoms with E-state index in [1.165, 1.54) is 5.56 Å². The molecule has 0 saturated heterocycles. The van der Waals surface area contributed by atoms with Crippen molar-refractivity contribution in [1.29, 1.82) is 0 Å². The zero-order chi connectivity index (χ0) is 16.7. The molecule has 0 saturated carbocycles. The molecule has 1 atom stereocenters. The molecule has 2 N–H and O–H groups in total. The summed E-state index contributed by atoms with van der Waals surface area (Å²) < 4.78 is 1.11. The number of hydrogen-bond donors (Lipinski definition) is 2. The summed E-state index contributed by atoms with van der Waals surface area (Å²) in [5, 5.41) is 12.5. The molecule has 0 radical (unpaired) electrons. The number of aryl methyl sites for hydroxylation is 1. The van der Waals surface area contributed by atoms with Gasteiger partial charge in [0, 0.05) is 17.1 Å². The second-order valence-electron chi connectivity index (χ2n) is 5.65. The Bertz CT molecular complexity index is 623. The second-order valence-corrected chi connectivity index (χ2v) is 6.57. The lowest BCUT2D eigenvalue weighted by molar-refractivity contribution is 0.0697. The number of carboxylic acids is 1. The maximum Gasteiger partial charge on any atom is 0.335 e. The predicted molar refractivity (Wildman–Crippen MR) is 96.8 cm³/mol. The lowest BCUT2D eigenvalue weighted by atomic mass is 10.0. The van der Waals surface area contributed by atoms with Crippen molar-refractivity contribution in [3.8, 4) is 0 Å². The highest BCUT2D eigenvalue weighted by Crippen LogP contribution is 2.13. The fourth-order valence-electron chi connectivity index (χ4n) is 2.47. The fraction of sp³-hybridized carbons (Fsp3) is 0.316. The van der Waals surface area contributed by atoms with E-state index in [1.54, 1.807) is 12.1 Å². The van der Waals surface area contributed by atoms with Crippen LogP contribution in [0.25, 0.3) is 0 Å². The van der Waals surface area contributed by atoms with Gasteiger partial charge >= 0.3 is 5.97 Å². The number of rotatable bonds is 8. The Morgan fingerprint density at radius 3 is 2.26 bits per heavy atom. The average molecular weight is 376 g/mol. The highest BCUT2D eigenvalue weighted by atomic mass is 79.9. The van der Waals surface area contributed by atoms with Gasteiger partial charge in [-0.3, -0.25) is 0 Å². The van der Waals surface area contributed by atoms with Crippen molar-refractivity contribution in [1.82, 2.24) is 5.32 Å². The van der Waals surface area contributed by atoms with Crippen LogP contribution in [-0.2, 0) is 13.0 Å². The Kier molecular flexibility index (Phi) is 6.81. The van der Waals surface area contributed by atoms with E-state index in [0.717, 1.165) is 35.8 Å². The zero-order valence-corrected chi connectivity index (χ0v) is 14.8. The molecular weight excluding hydrogens is 354 g/mol. The SMILES string of the molecule is CCC(CCc1ccc(Br)cc1)NCc1ccc(C(=O)O)cc1. The molecule has 2 aromatic carbocycles. The minimum atomic E-state index is -0.884. The van der Waals surface area contributed by atoms with Crippen LogP contribution >= 0.6 is 15.9 Å². The van der Waals surface area contributed by atoms with Crippen LogP contribution < -0.4 is 5.32 Å². The van der Waals surface area contributed by atoms with Crippen molar-refractivity contribution < 1.29 is 9.90 Å². The Morgan fingerprint density at radius 1 is 1.09 bits per heavy atom. The van der Waals surface area contributed by atoms with E-state index in [0.29, 0.717) is 11.6 Å². The fourth-order valence-corrected chi connectivity index (χ4v) is 2.73. The summed E-state index contributed by atoms with van der Waals surface area (Å²) in [6.45, 7) is 2.95. The quantitative estimate of drug-likeness (QED) is 0.705. The number of carbonyl (C=O) groups is 1. The van der Waals surface area contributed by atoms with Crippen LogP contribution in [0.3, 0.4) is 0 Å². The van der Waals surface area contributed by atoms with Gasteiger partial charge in [-0.2, -0.15) is 0 Å². The molecule has 2 rings (SSSR count). The van der Waals surface area contributed by atoms with Crippen molar-refractivity contribution in [3.63, 3.8) is 0 Å². The van der Waals surface area contributed by atoms with E-state index in [2.05, 4.69) is 52.4 Å². The summed E-state index contributed by atoms with van der Waals surface area (Å²) in [5.74, 6) is -0.884. The van der Waals surface area contributed by atoms with Gasteiger partial charge in [-0.15, -0.1) is 0 Å². The van der Waals surface area contributed by atoms with Gasteiger partial charge < -0.3 is 10.4 Å². The van der Waals surface area contributed by atoms with Crippen molar-refractivity contribution in [2.45, 2.75) is 38.8 Å². The van der Waals surface area contributed by atoms with Crippen LogP contribution in [-0.4, -0.2) is 17.1 Å². The molecule has 4 heteroatoms. The second kappa shape index (κ2) is 8.85. The van der Waals surface area contributed by atoms with Gasteiger partial charge in [-0.05, 0) is 54.7 Å². The maximum atomic E-state index is 10.8. The molecule has 2 aromatic rings. The minimum Gasteiger partial charge on any atom is -0.478 e. The number of nitrogens with one attached hydrogen (secondary N) is 1. The summed E-state index contributed by atoms with van der Waals surface area (Å²) >= 11 is 3.45. The molecule has 3 nitrogen and oxygen atoms in total. The Hall–Kier alpha value is -1.65. The third-order valence-electron chi connectivity index (χ3n) is 3.98. The van der Waals surface area contributed by atoms with Crippen LogP contribution in [0.2, 0.25) is 0 Å². The zero-order valence-electron chi connectivity index (χ0n) is 13.3. The van der Waals surface area contributed by atoms with Crippen molar-refractivity contribution in [2.75, 3.05) is 0 Å². The van der Waals surface area contributed by atoms with Gasteiger partial charge in [0.15, 0.2) is 0 Å². The van der Waals surface area contributed by atoms with E-state index >= 15 is 0 Å². The first-order valence-electron chi connectivity index (χ1n) is 7.88. The van der Waals surface area contributed by atoms with Crippen molar-refractivity contribution >= 4 is 21.9 Å². The van der Waals surface area contributed by atoms with Gasteiger partial charge in [-0.1, -0.05) is 47.1 Å². The summed E-state index contributed by atoms with van der Waals surface area (Å²) in [4.78, 5) is 10.8. The third-order valence-corrected chi connectivity index (χ3v) is 4.51. The number of benzene rings is 2. The average Bonchev–Trinajstić information content (AvgIpc) is 2.57.